The molecule has 4 nitrogen and oxygen atoms in total. The van der Waals surface area contributed by atoms with E-state index in [0.29, 0.717) is 5.82 Å². The maximum absolute atomic E-state index is 6.25. The van der Waals surface area contributed by atoms with E-state index in [2.05, 4.69) is 24.0 Å². The number of nitrogen functional groups attached to an aromatic ring is 1. The number of nitrogens with zero attached hydrogens (tertiary/aromatic N) is 2. The lowest BCUT2D eigenvalue weighted by Gasteiger charge is -2.09. The lowest BCUT2D eigenvalue weighted by molar-refractivity contribution is 0.417. The van der Waals surface area contributed by atoms with Crippen LogP contribution in [0.4, 0.5) is 5.82 Å². The van der Waals surface area contributed by atoms with Crippen LogP contribution in [0.1, 0.15) is 24.1 Å². The molecule has 0 amide bonds. The van der Waals surface area contributed by atoms with Crippen molar-refractivity contribution in [3.05, 3.63) is 59.9 Å². The van der Waals surface area contributed by atoms with Gasteiger partial charge in [-0.3, -0.25) is 4.40 Å². The second kappa shape index (κ2) is 4.89. The molecule has 1 aromatic carbocycles. The molecule has 0 bridgehead atoms. The second-order valence-electron chi connectivity index (χ2n) is 4.78. The highest BCUT2D eigenvalue weighted by atomic mass is 16.5. The Hall–Kier alpha value is -2.49. The van der Waals surface area contributed by atoms with Crippen LogP contribution in [0, 0.1) is 0 Å². The van der Waals surface area contributed by atoms with Gasteiger partial charge >= 0.3 is 0 Å². The van der Waals surface area contributed by atoms with E-state index in [4.69, 9.17) is 10.5 Å². The minimum atomic E-state index is 0.140. The lowest BCUT2D eigenvalue weighted by Crippen LogP contribution is -2.01. The van der Waals surface area contributed by atoms with Gasteiger partial charge in [0, 0.05) is 12.1 Å². The van der Waals surface area contributed by atoms with Gasteiger partial charge in [-0.1, -0.05) is 37.3 Å². The van der Waals surface area contributed by atoms with Crippen LogP contribution in [0.2, 0.25) is 0 Å². The van der Waals surface area contributed by atoms with Crippen LogP contribution in [0.3, 0.4) is 0 Å². The molecule has 0 spiro atoms. The minimum absolute atomic E-state index is 0.140. The minimum Gasteiger partial charge on any atom is -0.493 e. The lowest BCUT2D eigenvalue weighted by atomic mass is 9.98. The van der Waals surface area contributed by atoms with E-state index in [0.717, 1.165) is 17.1 Å². The van der Waals surface area contributed by atoms with Crippen LogP contribution < -0.4 is 10.5 Å². The number of aromatic nitrogens is 2. The summed E-state index contributed by atoms with van der Waals surface area (Å²) in [5, 5.41) is 0. The van der Waals surface area contributed by atoms with Gasteiger partial charge in [0.15, 0.2) is 11.4 Å². The molecule has 20 heavy (non-hydrogen) atoms. The number of ether oxygens (including phenoxy) is 1. The Kier molecular flexibility index (Phi) is 3.06. The van der Waals surface area contributed by atoms with E-state index >= 15 is 0 Å². The summed E-state index contributed by atoms with van der Waals surface area (Å²) in [6, 6.07) is 14.0. The summed E-state index contributed by atoms with van der Waals surface area (Å²) in [6.07, 6.45) is 1.90. The Morgan fingerprint density at radius 1 is 1.15 bits per heavy atom. The van der Waals surface area contributed by atoms with Gasteiger partial charge in [-0.05, 0) is 17.7 Å². The van der Waals surface area contributed by atoms with Crippen molar-refractivity contribution in [3.63, 3.8) is 0 Å². The van der Waals surface area contributed by atoms with E-state index < -0.39 is 0 Å². The first kappa shape index (κ1) is 12.5. The molecule has 0 fully saturated rings. The molecule has 0 radical (unpaired) electrons. The summed E-state index contributed by atoms with van der Waals surface area (Å²) >= 11 is 0. The number of hydrogen-bond donors (Lipinski definition) is 1. The molecule has 1 unspecified atom stereocenters. The average molecular weight is 267 g/mol. The van der Waals surface area contributed by atoms with Crippen LogP contribution >= 0.6 is 0 Å². The van der Waals surface area contributed by atoms with Crippen molar-refractivity contribution in [1.82, 2.24) is 9.38 Å². The molecule has 102 valence electrons. The van der Waals surface area contributed by atoms with E-state index in [1.165, 1.54) is 5.56 Å². The highest BCUT2D eigenvalue weighted by molar-refractivity contribution is 5.62. The number of anilines is 1. The number of hydrogen-bond acceptors (Lipinski definition) is 3. The number of pyridine rings is 1. The van der Waals surface area contributed by atoms with Gasteiger partial charge in [0.25, 0.3) is 0 Å². The molecule has 0 aliphatic carbocycles. The van der Waals surface area contributed by atoms with Crippen molar-refractivity contribution < 1.29 is 4.74 Å². The summed E-state index contributed by atoms with van der Waals surface area (Å²) in [5.41, 5.74) is 9.07. The highest BCUT2D eigenvalue weighted by Gasteiger charge is 2.18. The van der Waals surface area contributed by atoms with Crippen LogP contribution in [0.15, 0.2) is 48.7 Å². The topological polar surface area (TPSA) is 52.5 Å². The van der Waals surface area contributed by atoms with Gasteiger partial charge < -0.3 is 10.5 Å². The van der Waals surface area contributed by atoms with Gasteiger partial charge in [-0.25, -0.2) is 4.98 Å². The molecule has 3 rings (SSSR count). The number of methoxy groups -OCH3 is 1. The van der Waals surface area contributed by atoms with Gasteiger partial charge in [0.05, 0.1) is 12.8 Å². The Morgan fingerprint density at radius 2 is 1.90 bits per heavy atom. The molecule has 1 atom stereocenters. The average Bonchev–Trinajstić information content (AvgIpc) is 2.85. The summed E-state index contributed by atoms with van der Waals surface area (Å²) in [5.74, 6) is 1.53. The predicted molar refractivity (Wildman–Crippen MR) is 80.1 cm³/mol. The first-order valence-electron chi connectivity index (χ1n) is 6.57. The number of benzene rings is 1. The number of nitrogens with two attached hydrogens (primary N) is 1. The molecular weight excluding hydrogens is 250 g/mol. The largest absolute Gasteiger partial charge is 0.493 e. The maximum atomic E-state index is 6.25. The maximum Gasteiger partial charge on any atom is 0.181 e. The fourth-order valence-corrected chi connectivity index (χ4v) is 2.46. The predicted octanol–water partition coefficient (Wildman–Crippen LogP) is 3.08. The SMILES string of the molecule is COc1cccn2c(N)c(C(C)c3ccccc3)nc12. The molecule has 0 saturated heterocycles. The zero-order valence-corrected chi connectivity index (χ0v) is 11.6. The smallest absolute Gasteiger partial charge is 0.181 e. The van der Waals surface area contributed by atoms with E-state index in [9.17, 15) is 0 Å². The molecule has 2 heterocycles. The van der Waals surface area contributed by atoms with Gasteiger partial charge in [-0.15, -0.1) is 0 Å². The molecule has 0 aliphatic heterocycles. The molecule has 0 aliphatic rings. The van der Waals surface area contributed by atoms with Crippen molar-refractivity contribution in [2.75, 3.05) is 12.8 Å². The number of fused-ring (bicyclic) bond motifs is 1. The van der Waals surface area contributed by atoms with Crippen LogP contribution in [-0.4, -0.2) is 16.5 Å². The van der Waals surface area contributed by atoms with E-state index in [-0.39, 0.29) is 5.92 Å². The van der Waals surface area contributed by atoms with Crippen molar-refractivity contribution in [2.45, 2.75) is 12.8 Å². The molecular formula is C16H17N3O. The summed E-state index contributed by atoms with van der Waals surface area (Å²) in [6.45, 7) is 2.11. The Balaban J connectivity index is 2.15. The normalized spacial score (nSPS) is 12.5. The first-order chi connectivity index (χ1) is 9.72. The summed E-state index contributed by atoms with van der Waals surface area (Å²) < 4.78 is 7.21. The van der Waals surface area contributed by atoms with Gasteiger partial charge in [0.1, 0.15) is 5.82 Å². The third-order valence-corrected chi connectivity index (χ3v) is 3.61. The van der Waals surface area contributed by atoms with Crippen LogP contribution in [0.5, 0.6) is 5.75 Å². The van der Waals surface area contributed by atoms with E-state index in [1.54, 1.807) is 7.11 Å². The standard InChI is InChI=1S/C16H17N3O/c1-11(12-7-4-3-5-8-12)14-15(17)19-10-6-9-13(20-2)16(19)18-14/h3-11H,17H2,1-2H3. The molecule has 2 aromatic heterocycles. The third-order valence-electron chi connectivity index (χ3n) is 3.61. The van der Waals surface area contributed by atoms with Gasteiger partial charge in [0.2, 0.25) is 0 Å². The van der Waals surface area contributed by atoms with Gasteiger partial charge in [-0.2, -0.15) is 0 Å². The molecule has 4 heteroatoms. The fraction of sp³-hybridized carbons (Fsp3) is 0.188. The zero-order valence-electron chi connectivity index (χ0n) is 11.6. The molecule has 2 N–H and O–H groups in total. The van der Waals surface area contributed by atoms with Crippen LogP contribution in [-0.2, 0) is 0 Å². The quantitative estimate of drug-likeness (QED) is 0.793. The first-order valence-corrected chi connectivity index (χ1v) is 6.57. The highest BCUT2D eigenvalue weighted by Crippen LogP contribution is 2.31. The van der Waals surface area contributed by atoms with E-state index in [1.807, 2.05) is 40.9 Å². The Bertz CT molecular complexity index is 734. The molecule has 3 aromatic rings. The summed E-state index contributed by atoms with van der Waals surface area (Å²) in [7, 11) is 1.64. The Morgan fingerprint density at radius 3 is 2.60 bits per heavy atom. The zero-order chi connectivity index (χ0) is 14.1. The molecule has 0 saturated carbocycles. The van der Waals surface area contributed by atoms with Crippen molar-refractivity contribution in [1.29, 1.82) is 0 Å². The Labute approximate surface area is 117 Å². The van der Waals surface area contributed by atoms with Crippen molar-refractivity contribution in [3.8, 4) is 5.75 Å². The van der Waals surface area contributed by atoms with Crippen molar-refractivity contribution in [2.24, 2.45) is 0 Å². The number of imidazole rings is 1. The number of rotatable bonds is 3. The second-order valence-corrected chi connectivity index (χ2v) is 4.78. The van der Waals surface area contributed by atoms with Crippen molar-refractivity contribution >= 4 is 11.5 Å². The summed E-state index contributed by atoms with van der Waals surface area (Å²) in [4.78, 5) is 4.67. The monoisotopic (exact) mass is 267 g/mol. The van der Waals surface area contributed by atoms with Crippen LogP contribution in [0.25, 0.3) is 5.65 Å². The fourth-order valence-electron chi connectivity index (χ4n) is 2.46. The third kappa shape index (κ3) is 1.90.